The number of nitrogens with zero attached hydrogens (tertiary/aromatic N) is 1. The molecule has 0 amide bonds. The van der Waals surface area contributed by atoms with Crippen molar-refractivity contribution in [2.75, 3.05) is 0 Å². The van der Waals surface area contributed by atoms with Crippen molar-refractivity contribution in [1.29, 1.82) is 0 Å². The minimum atomic E-state index is -0.547. The summed E-state index contributed by atoms with van der Waals surface area (Å²) >= 11 is 1.62. The fourth-order valence-electron chi connectivity index (χ4n) is 1.83. The number of allylic oxidation sites excluding steroid dienone is 4. The van der Waals surface area contributed by atoms with Crippen LogP contribution in [0.25, 0.3) is 0 Å². The number of oxime groups is 1. The summed E-state index contributed by atoms with van der Waals surface area (Å²) in [5.41, 5.74) is 0.735. The standard InChI is InChI=1S/C20H23NO3S/c1-5-8-9-10-17(6-2)25-18-13-11-16(12-14-18)20(23)19(7-3)21-24-15(4)22/h5-6,9-14H,1,7-8H2,2-4H3/b10-9-,17-6+,21-19+. The topological polar surface area (TPSA) is 55.7 Å². The Kier molecular flexibility index (Phi) is 9.25. The molecule has 0 bridgehead atoms. The Morgan fingerprint density at radius 1 is 1.28 bits per heavy atom. The van der Waals surface area contributed by atoms with E-state index >= 15 is 0 Å². The Balaban J connectivity index is 2.84. The van der Waals surface area contributed by atoms with Gasteiger partial charge in [-0.1, -0.05) is 48.1 Å². The van der Waals surface area contributed by atoms with Crippen LogP contribution in [0.1, 0.15) is 44.0 Å². The van der Waals surface area contributed by atoms with E-state index < -0.39 is 5.97 Å². The van der Waals surface area contributed by atoms with Crippen LogP contribution in [-0.4, -0.2) is 17.5 Å². The minimum absolute atomic E-state index is 0.220. The van der Waals surface area contributed by atoms with Gasteiger partial charge in [0.1, 0.15) is 5.71 Å². The summed E-state index contributed by atoms with van der Waals surface area (Å²) < 4.78 is 0. The summed E-state index contributed by atoms with van der Waals surface area (Å²) in [6, 6.07) is 7.29. The number of ketones is 1. The second kappa shape index (κ2) is 11.2. The lowest BCUT2D eigenvalue weighted by atomic mass is 10.1. The fourth-order valence-corrected chi connectivity index (χ4v) is 2.66. The molecule has 1 rings (SSSR count). The van der Waals surface area contributed by atoms with E-state index in [0.29, 0.717) is 12.0 Å². The van der Waals surface area contributed by atoms with E-state index in [2.05, 4.69) is 16.6 Å². The SMILES string of the molecule is C=CC/C=C\C(=C/C)Sc1ccc(C(=O)/C(CC)=N/OC(C)=O)cc1. The molecule has 0 unspecified atom stereocenters. The van der Waals surface area contributed by atoms with Crippen molar-refractivity contribution >= 4 is 29.2 Å². The van der Waals surface area contributed by atoms with Crippen molar-refractivity contribution in [2.45, 2.75) is 38.5 Å². The highest BCUT2D eigenvalue weighted by atomic mass is 32.2. The smallest absolute Gasteiger partial charge is 0.318 e. The van der Waals surface area contributed by atoms with Crippen molar-refractivity contribution in [3.8, 4) is 0 Å². The zero-order chi connectivity index (χ0) is 18.7. The molecule has 0 aliphatic heterocycles. The second-order valence-electron chi connectivity index (χ2n) is 5.05. The van der Waals surface area contributed by atoms with Gasteiger partial charge >= 0.3 is 5.97 Å². The second-order valence-corrected chi connectivity index (χ2v) is 6.19. The van der Waals surface area contributed by atoms with Crippen molar-refractivity contribution < 1.29 is 14.4 Å². The fraction of sp³-hybridized carbons (Fsp3) is 0.250. The first-order valence-electron chi connectivity index (χ1n) is 8.02. The number of carbonyl (C=O) groups is 2. The van der Waals surface area contributed by atoms with E-state index in [4.69, 9.17) is 0 Å². The van der Waals surface area contributed by atoms with Gasteiger partial charge in [0.15, 0.2) is 0 Å². The van der Waals surface area contributed by atoms with Crippen LogP contribution in [0.2, 0.25) is 0 Å². The zero-order valence-electron chi connectivity index (χ0n) is 14.8. The van der Waals surface area contributed by atoms with Gasteiger partial charge in [0, 0.05) is 22.3 Å². The summed E-state index contributed by atoms with van der Waals surface area (Å²) in [5.74, 6) is -0.786. The molecule has 0 saturated heterocycles. The summed E-state index contributed by atoms with van der Waals surface area (Å²) in [7, 11) is 0. The van der Waals surface area contributed by atoms with Crippen LogP contribution in [0.5, 0.6) is 0 Å². The Morgan fingerprint density at radius 3 is 2.48 bits per heavy atom. The molecule has 132 valence electrons. The molecule has 0 aliphatic rings. The van der Waals surface area contributed by atoms with Crippen LogP contribution in [-0.2, 0) is 9.63 Å². The molecule has 1 aromatic rings. The van der Waals surface area contributed by atoms with E-state index in [9.17, 15) is 9.59 Å². The molecular formula is C20H23NO3S. The van der Waals surface area contributed by atoms with Gasteiger partial charge in [0.2, 0.25) is 5.78 Å². The Labute approximate surface area is 153 Å². The lowest BCUT2D eigenvalue weighted by Crippen LogP contribution is -2.14. The first kappa shape index (κ1) is 20.6. The third kappa shape index (κ3) is 7.35. The first-order valence-corrected chi connectivity index (χ1v) is 8.84. The highest BCUT2D eigenvalue weighted by Gasteiger charge is 2.14. The van der Waals surface area contributed by atoms with Gasteiger partial charge in [-0.2, -0.15) is 0 Å². The highest BCUT2D eigenvalue weighted by molar-refractivity contribution is 8.03. The van der Waals surface area contributed by atoms with Crippen molar-refractivity contribution in [3.05, 3.63) is 65.6 Å². The molecule has 0 aliphatic carbocycles. The monoisotopic (exact) mass is 357 g/mol. The maximum Gasteiger partial charge on any atom is 0.331 e. The normalized spacial score (nSPS) is 12.3. The highest BCUT2D eigenvalue weighted by Crippen LogP contribution is 2.28. The lowest BCUT2D eigenvalue weighted by molar-refractivity contribution is -0.140. The zero-order valence-corrected chi connectivity index (χ0v) is 15.6. The molecule has 0 fully saturated rings. The molecule has 4 nitrogen and oxygen atoms in total. The number of thioether (sulfide) groups is 1. The van der Waals surface area contributed by atoms with Crippen LogP contribution in [0.3, 0.4) is 0 Å². The Bertz CT molecular complexity index is 700. The van der Waals surface area contributed by atoms with Crippen molar-refractivity contribution in [1.82, 2.24) is 0 Å². The summed E-state index contributed by atoms with van der Waals surface area (Å²) in [6.45, 7) is 8.71. The maximum absolute atomic E-state index is 12.4. The number of benzene rings is 1. The molecule has 0 radical (unpaired) electrons. The molecule has 0 saturated carbocycles. The predicted octanol–water partition coefficient (Wildman–Crippen LogP) is 5.33. The van der Waals surface area contributed by atoms with Crippen molar-refractivity contribution in [3.63, 3.8) is 0 Å². The van der Waals surface area contributed by atoms with Gasteiger partial charge in [0.25, 0.3) is 0 Å². The van der Waals surface area contributed by atoms with E-state index in [0.717, 1.165) is 16.2 Å². The molecule has 25 heavy (non-hydrogen) atoms. The molecular weight excluding hydrogens is 334 g/mol. The number of Topliss-reactive ketones (excluding diaryl/α,β-unsaturated/α-hetero) is 1. The molecule has 1 aromatic carbocycles. The number of hydrogen-bond acceptors (Lipinski definition) is 5. The van der Waals surface area contributed by atoms with E-state index in [1.165, 1.54) is 6.92 Å². The van der Waals surface area contributed by atoms with Crippen LogP contribution >= 0.6 is 11.8 Å². The molecule has 5 heteroatoms. The van der Waals surface area contributed by atoms with Crippen LogP contribution in [0.15, 0.2) is 70.1 Å². The Hall–Kier alpha value is -2.40. The van der Waals surface area contributed by atoms with Crippen LogP contribution in [0, 0.1) is 0 Å². The van der Waals surface area contributed by atoms with E-state index in [1.54, 1.807) is 30.8 Å². The molecule has 0 heterocycles. The third-order valence-electron chi connectivity index (χ3n) is 3.10. The van der Waals surface area contributed by atoms with Gasteiger partial charge < -0.3 is 4.84 Å². The molecule has 0 atom stereocenters. The number of hydrogen-bond donors (Lipinski definition) is 0. The van der Waals surface area contributed by atoms with Crippen LogP contribution in [0.4, 0.5) is 0 Å². The summed E-state index contributed by atoms with van der Waals surface area (Å²) in [5, 5.41) is 3.63. The average Bonchev–Trinajstić information content (AvgIpc) is 2.61. The van der Waals surface area contributed by atoms with E-state index in [-0.39, 0.29) is 11.5 Å². The summed E-state index contributed by atoms with van der Waals surface area (Å²) in [4.78, 5) is 30.0. The van der Waals surface area contributed by atoms with Crippen molar-refractivity contribution in [2.24, 2.45) is 5.16 Å². The van der Waals surface area contributed by atoms with Gasteiger partial charge in [-0.15, -0.1) is 6.58 Å². The number of rotatable bonds is 9. The molecule has 0 spiro atoms. The largest absolute Gasteiger partial charge is 0.331 e. The first-order chi connectivity index (χ1) is 12.0. The molecule has 0 N–H and O–H groups in total. The van der Waals surface area contributed by atoms with Crippen LogP contribution < -0.4 is 0 Å². The quantitative estimate of drug-likeness (QED) is 0.114. The molecule has 0 aromatic heterocycles. The lowest BCUT2D eigenvalue weighted by Gasteiger charge is -2.05. The van der Waals surface area contributed by atoms with Gasteiger partial charge in [0.05, 0.1) is 0 Å². The predicted molar refractivity (Wildman–Crippen MR) is 104 cm³/mol. The Morgan fingerprint density at radius 2 is 1.96 bits per heavy atom. The summed E-state index contributed by atoms with van der Waals surface area (Å²) in [6.07, 6.45) is 9.19. The third-order valence-corrected chi connectivity index (χ3v) is 4.22. The van der Waals surface area contributed by atoms with Gasteiger partial charge in [-0.3, -0.25) is 4.79 Å². The van der Waals surface area contributed by atoms with Gasteiger partial charge in [-0.05, 0) is 44.0 Å². The maximum atomic E-state index is 12.4. The average molecular weight is 357 g/mol. The van der Waals surface area contributed by atoms with E-state index in [1.807, 2.05) is 43.4 Å². The number of carbonyl (C=O) groups excluding carboxylic acids is 2. The minimum Gasteiger partial charge on any atom is -0.318 e. The van der Waals surface area contributed by atoms with Gasteiger partial charge in [-0.25, -0.2) is 4.79 Å².